The van der Waals surface area contributed by atoms with Crippen molar-refractivity contribution in [1.82, 2.24) is 20.0 Å². The molecule has 3 heterocycles. The smallest absolute Gasteiger partial charge is 0.253 e. The Kier molecular flexibility index (Phi) is 4.29. The predicted molar refractivity (Wildman–Crippen MR) is 93.7 cm³/mol. The molecule has 0 spiro atoms. The lowest BCUT2D eigenvalue weighted by atomic mass is 9.96. The summed E-state index contributed by atoms with van der Waals surface area (Å²) in [6, 6.07) is 7.99. The first kappa shape index (κ1) is 15.7. The minimum absolute atomic E-state index is 0.0900. The van der Waals surface area contributed by atoms with Gasteiger partial charge in [-0.15, -0.1) is 0 Å². The second-order valence-corrected chi connectivity index (χ2v) is 6.99. The molecular weight excluding hydrogens is 324 g/mol. The maximum Gasteiger partial charge on any atom is 0.253 e. The molecule has 2 aliphatic rings. The van der Waals surface area contributed by atoms with Crippen molar-refractivity contribution < 1.29 is 4.79 Å². The van der Waals surface area contributed by atoms with Gasteiger partial charge >= 0.3 is 0 Å². The molecule has 6 heteroatoms. The largest absolute Gasteiger partial charge is 0.348 e. The van der Waals surface area contributed by atoms with E-state index in [1.807, 2.05) is 18.3 Å². The number of amides is 1. The van der Waals surface area contributed by atoms with Crippen molar-refractivity contribution >= 4 is 17.5 Å². The average Bonchev–Trinajstić information content (AvgIpc) is 3.27. The second kappa shape index (κ2) is 6.57. The lowest BCUT2D eigenvalue weighted by molar-refractivity contribution is 0.0868. The lowest BCUT2D eigenvalue weighted by Crippen LogP contribution is -2.52. The minimum atomic E-state index is -0.0900. The zero-order valence-electron chi connectivity index (χ0n) is 13.5. The number of benzene rings is 1. The van der Waals surface area contributed by atoms with Gasteiger partial charge in [0.25, 0.3) is 5.91 Å². The third-order valence-electron chi connectivity index (χ3n) is 5.12. The van der Waals surface area contributed by atoms with Gasteiger partial charge in [0, 0.05) is 24.5 Å². The summed E-state index contributed by atoms with van der Waals surface area (Å²) in [5.41, 5.74) is 1.35. The molecule has 1 aromatic heterocycles. The third kappa shape index (κ3) is 2.94. The number of nitrogens with zero attached hydrogens (tertiary/aromatic N) is 3. The van der Waals surface area contributed by atoms with E-state index in [4.69, 9.17) is 11.6 Å². The lowest BCUT2D eigenvalue weighted by Gasteiger charge is -2.37. The molecule has 2 aromatic rings. The molecule has 1 aromatic carbocycles. The van der Waals surface area contributed by atoms with Gasteiger partial charge in [-0.25, -0.2) is 4.68 Å². The van der Waals surface area contributed by atoms with E-state index < -0.39 is 0 Å². The van der Waals surface area contributed by atoms with E-state index in [0.717, 1.165) is 31.6 Å². The average molecular weight is 345 g/mol. The van der Waals surface area contributed by atoms with E-state index in [1.165, 1.54) is 12.8 Å². The summed E-state index contributed by atoms with van der Waals surface area (Å²) >= 11 is 6.28. The molecular formula is C18H21ClN4O. The number of hydrogen-bond acceptors (Lipinski definition) is 3. The molecule has 2 aliphatic heterocycles. The highest BCUT2D eigenvalue weighted by atomic mass is 35.5. The topological polar surface area (TPSA) is 50.2 Å². The second-order valence-electron chi connectivity index (χ2n) is 6.58. The Hall–Kier alpha value is -1.85. The standard InChI is InChI=1S/C18H21ClN4O/c19-15-7-6-13(23-11-3-8-20-23)12-14(15)18(24)21-16-4-1-9-22-10-2-5-17(16)22/h3,6-8,11-12,16-17H,1-2,4-5,9-10H2,(H,21,24)/t16-,17-/m0/s1. The van der Waals surface area contributed by atoms with Gasteiger partial charge in [0.15, 0.2) is 0 Å². The maximum absolute atomic E-state index is 12.8. The fourth-order valence-corrected chi connectivity index (χ4v) is 4.16. The molecule has 1 amide bonds. The van der Waals surface area contributed by atoms with E-state index in [2.05, 4.69) is 15.3 Å². The zero-order valence-corrected chi connectivity index (χ0v) is 14.2. The predicted octanol–water partition coefficient (Wildman–Crippen LogP) is 2.88. The van der Waals surface area contributed by atoms with E-state index >= 15 is 0 Å². The van der Waals surface area contributed by atoms with Gasteiger partial charge in [0.05, 0.1) is 16.3 Å². The van der Waals surface area contributed by atoms with Crippen molar-refractivity contribution in [2.75, 3.05) is 13.1 Å². The van der Waals surface area contributed by atoms with E-state index in [-0.39, 0.29) is 11.9 Å². The molecule has 0 unspecified atom stereocenters. The quantitative estimate of drug-likeness (QED) is 0.931. The Morgan fingerprint density at radius 2 is 2.08 bits per heavy atom. The van der Waals surface area contributed by atoms with Crippen molar-refractivity contribution in [3.8, 4) is 5.69 Å². The van der Waals surface area contributed by atoms with Crippen LogP contribution in [0.25, 0.3) is 5.69 Å². The molecule has 4 rings (SSSR count). The van der Waals surface area contributed by atoms with E-state index in [0.29, 0.717) is 16.6 Å². The fourth-order valence-electron chi connectivity index (χ4n) is 3.96. The molecule has 0 saturated carbocycles. The minimum Gasteiger partial charge on any atom is -0.348 e. The van der Waals surface area contributed by atoms with Gasteiger partial charge in [0.2, 0.25) is 0 Å². The molecule has 2 fully saturated rings. The molecule has 5 nitrogen and oxygen atoms in total. The van der Waals surface area contributed by atoms with E-state index in [9.17, 15) is 4.79 Å². The Morgan fingerprint density at radius 3 is 2.88 bits per heavy atom. The van der Waals surface area contributed by atoms with Crippen LogP contribution in [0.15, 0.2) is 36.7 Å². The van der Waals surface area contributed by atoms with Crippen LogP contribution >= 0.6 is 11.6 Å². The van der Waals surface area contributed by atoms with Crippen molar-refractivity contribution in [3.63, 3.8) is 0 Å². The van der Waals surface area contributed by atoms with Gasteiger partial charge in [-0.3, -0.25) is 9.69 Å². The Labute approximate surface area is 146 Å². The number of nitrogens with one attached hydrogen (secondary N) is 1. The molecule has 1 N–H and O–H groups in total. The van der Waals surface area contributed by atoms with Crippen LogP contribution in [-0.4, -0.2) is 45.8 Å². The number of rotatable bonds is 3. The Balaban J connectivity index is 1.54. The number of piperidine rings is 1. The van der Waals surface area contributed by atoms with Crippen LogP contribution in [0.3, 0.4) is 0 Å². The molecule has 126 valence electrons. The Bertz CT molecular complexity index is 731. The molecule has 2 atom stereocenters. The number of aromatic nitrogens is 2. The van der Waals surface area contributed by atoms with Crippen molar-refractivity contribution in [2.45, 2.75) is 37.8 Å². The summed E-state index contributed by atoms with van der Waals surface area (Å²) in [6.45, 7) is 2.32. The monoisotopic (exact) mass is 344 g/mol. The highest BCUT2D eigenvalue weighted by molar-refractivity contribution is 6.33. The van der Waals surface area contributed by atoms with Crippen LogP contribution in [0.5, 0.6) is 0 Å². The number of carbonyl (C=O) groups is 1. The van der Waals surface area contributed by atoms with Crippen LogP contribution in [0.1, 0.15) is 36.0 Å². The van der Waals surface area contributed by atoms with Crippen LogP contribution < -0.4 is 5.32 Å². The first-order chi connectivity index (χ1) is 11.7. The molecule has 0 radical (unpaired) electrons. The maximum atomic E-state index is 12.8. The normalized spacial score (nSPS) is 23.9. The van der Waals surface area contributed by atoms with Gasteiger partial charge in [-0.05, 0) is 63.0 Å². The zero-order chi connectivity index (χ0) is 16.5. The van der Waals surface area contributed by atoms with Crippen LogP contribution in [0.4, 0.5) is 0 Å². The number of carbonyl (C=O) groups excluding carboxylic acids is 1. The highest BCUT2D eigenvalue weighted by Crippen LogP contribution is 2.28. The SMILES string of the molecule is O=C(N[C@H]1CCCN2CCC[C@@H]12)c1cc(-n2cccn2)ccc1Cl. The van der Waals surface area contributed by atoms with Crippen molar-refractivity contribution in [3.05, 3.63) is 47.2 Å². The summed E-state index contributed by atoms with van der Waals surface area (Å²) < 4.78 is 1.73. The third-order valence-corrected chi connectivity index (χ3v) is 5.45. The summed E-state index contributed by atoms with van der Waals surface area (Å²) in [4.78, 5) is 15.3. The summed E-state index contributed by atoms with van der Waals surface area (Å²) in [5.74, 6) is -0.0900. The van der Waals surface area contributed by atoms with E-state index in [1.54, 1.807) is 23.0 Å². The first-order valence-electron chi connectivity index (χ1n) is 8.57. The fraction of sp³-hybridized carbons (Fsp3) is 0.444. The van der Waals surface area contributed by atoms with Crippen molar-refractivity contribution in [2.24, 2.45) is 0 Å². The highest BCUT2D eigenvalue weighted by Gasteiger charge is 2.35. The van der Waals surface area contributed by atoms with Gasteiger partial charge in [0.1, 0.15) is 0 Å². The van der Waals surface area contributed by atoms with Crippen LogP contribution in [0.2, 0.25) is 5.02 Å². The molecule has 24 heavy (non-hydrogen) atoms. The Morgan fingerprint density at radius 1 is 1.25 bits per heavy atom. The van der Waals surface area contributed by atoms with Crippen LogP contribution in [-0.2, 0) is 0 Å². The van der Waals surface area contributed by atoms with Gasteiger partial charge < -0.3 is 5.32 Å². The summed E-state index contributed by atoms with van der Waals surface area (Å²) in [6.07, 6.45) is 8.15. The van der Waals surface area contributed by atoms with Crippen LogP contribution in [0, 0.1) is 0 Å². The number of hydrogen-bond donors (Lipinski definition) is 1. The summed E-state index contributed by atoms with van der Waals surface area (Å²) in [7, 11) is 0. The van der Waals surface area contributed by atoms with Crippen molar-refractivity contribution in [1.29, 1.82) is 0 Å². The molecule has 2 saturated heterocycles. The molecule has 0 aliphatic carbocycles. The first-order valence-corrected chi connectivity index (χ1v) is 8.94. The number of halogens is 1. The summed E-state index contributed by atoms with van der Waals surface area (Å²) in [5, 5.41) is 7.91. The molecule has 0 bridgehead atoms. The van der Waals surface area contributed by atoms with Gasteiger partial charge in [-0.2, -0.15) is 5.10 Å². The number of fused-ring (bicyclic) bond motifs is 1. The van der Waals surface area contributed by atoms with Gasteiger partial charge in [-0.1, -0.05) is 11.6 Å².